The highest BCUT2D eigenvalue weighted by Gasteiger charge is 2.18. The van der Waals surface area contributed by atoms with Gasteiger partial charge in [-0.1, -0.05) is 17.7 Å². The Morgan fingerprint density at radius 3 is 2.65 bits per heavy atom. The molecular formula is C13H8ClFN2O3. The molecule has 0 aliphatic rings. The van der Waals surface area contributed by atoms with Gasteiger partial charge in [-0.2, -0.15) is 0 Å². The summed E-state index contributed by atoms with van der Waals surface area (Å²) >= 11 is 5.86. The Morgan fingerprint density at radius 2 is 2.00 bits per heavy atom. The zero-order valence-corrected chi connectivity index (χ0v) is 10.7. The number of nitrogens with one attached hydrogen (secondary N) is 1. The molecule has 2 rings (SSSR count). The van der Waals surface area contributed by atoms with Crippen molar-refractivity contribution < 1.29 is 19.1 Å². The normalized spacial score (nSPS) is 10.1. The van der Waals surface area contributed by atoms with Crippen LogP contribution in [0.2, 0.25) is 5.02 Å². The van der Waals surface area contributed by atoms with Crippen LogP contribution in [0.1, 0.15) is 20.7 Å². The van der Waals surface area contributed by atoms with Crippen molar-refractivity contribution in [3.05, 3.63) is 58.6 Å². The molecule has 0 aliphatic carbocycles. The molecule has 2 N–H and O–H groups in total. The number of aromatic carboxylic acids is 1. The van der Waals surface area contributed by atoms with E-state index >= 15 is 0 Å². The molecule has 102 valence electrons. The molecule has 0 radical (unpaired) electrons. The molecular weight excluding hydrogens is 287 g/mol. The van der Waals surface area contributed by atoms with Crippen LogP contribution in [0.4, 0.5) is 10.1 Å². The van der Waals surface area contributed by atoms with Gasteiger partial charge in [0.25, 0.3) is 5.91 Å². The van der Waals surface area contributed by atoms with Crippen LogP contribution in [0.3, 0.4) is 0 Å². The van der Waals surface area contributed by atoms with Gasteiger partial charge in [-0.25, -0.2) is 9.18 Å². The van der Waals surface area contributed by atoms with Gasteiger partial charge >= 0.3 is 5.97 Å². The third-order valence-electron chi connectivity index (χ3n) is 2.50. The van der Waals surface area contributed by atoms with Gasteiger partial charge in [-0.05, 0) is 18.2 Å². The molecule has 0 fully saturated rings. The number of benzene rings is 1. The number of halogens is 2. The Kier molecular flexibility index (Phi) is 3.95. The number of amides is 1. The standard InChI is InChI=1S/C13H8ClFN2O3/c14-9-3-1-2-8(13(19)20)11(9)17-12(18)7-4-5-16-6-10(7)15/h1-6H,(H,17,18)(H,19,20). The molecule has 0 saturated carbocycles. The van der Waals surface area contributed by atoms with Crippen LogP contribution in [0.15, 0.2) is 36.7 Å². The molecule has 2 aromatic rings. The van der Waals surface area contributed by atoms with E-state index in [9.17, 15) is 14.0 Å². The molecule has 1 aromatic heterocycles. The molecule has 7 heteroatoms. The highest BCUT2D eigenvalue weighted by Crippen LogP contribution is 2.26. The van der Waals surface area contributed by atoms with Gasteiger partial charge in [-0.15, -0.1) is 0 Å². The van der Waals surface area contributed by atoms with Crippen LogP contribution in [-0.2, 0) is 0 Å². The quantitative estimate of drug-likeness (QED) is 0.912. The van der Waals surface area contributed by atoms with Crippen molar-refractivity contribution in [3.63, 3.8) is 0 Å². The summed E-state index contributed by atoms with van der Waals surface area (Å²) in [4.78, 5) is 26.5. The fourth-order valence-corrected chi connectivity index (χ4v) is 1.79. The highest BCUT2D eigenvalue weighted by molar-refractivity contribution is 6.34. The number of anilines is 1. The monoisotopic (exact) mass is 294 g/mol. The predicted octanol–water partition coefficient (Wildman–Crippen LogP) is 2.82. The van der Waals surface area contributed by atoms with Crippen molar-refractivity contribution in [3.8, 4) is 0 Å². The van der Waals surface area contributed by atoms with Gasteiger partial charge in [0.05, 0.1) is 28.0 Å². The lowest BCUT2D eigenvalue weighted by Gasteiger charge is -2.10. The predicted molar refractivity (Wildman–Crippen MR) is 70.6 cm³/mol. The highest BCUT2D eigenvalue weighted by atomic mass is 35.5. The Hall–Kier alpha value is -2.47. The molecule has 0 spiro atoms. The minimum atomic E-state index is -1.25. The molecule has 0 saturated heterocycles. The number of rotatable bonds is 3. The third kappa shape index (κ3) is 2.75. The van der Waals surface area contributed by atoms with E-state index in [1.807, 2.05) is 0 Å². The second kappa shape index (κ2) is 5.66. The summed E-state index contributed by atoms with van der Waals surface area (Å²) < 4.78 is 13.4. The first-order chi connectivity index (χ1) is 9.50. The number of pyridine rings is 1. The van der Waals surface area contributed by atoms with E-state index in [1.165, 1.54) is 30.5 Å². The molecule has 0 unspecified atom stereocenters. The van der Waals surface area contributed by atoms with Crippen molar-refractivity contribution in [2.24, 2.45) is 0 Å². The minimum Gasteiger partial charge on any atom is -0.478 e. The molecule has 0 bridgehead atoms. The van der Waals surface area contributed by atoms with E-state index in [-0.39, 0.29) is 21.8 Å². The first-order valence-electron chi connectivity index (χ1n) is 5.43. The maximum Gasteiger partial charge on any atom is 0.337 e. The zero-order chi connectivity index (χ0) is 14.7. The van der Waals surface area contributed by atoms with E-state index in [0.717, 1.165) is 6.20 Å². The maximum atomic E-state index is 13.4. The SMILES string of the molecule is O=C(Nc1c(Cl)cccc1C(=O)O)c1ccncc1F. The molecule has 1 heterocycles. The van der Waals surface area contributed by atoms with Crippen molar-refractivity contribution in [2.45, 2.75) is 0 Å². The number of carboxylic acid groups (broad SMARTS) is 1. The van der Waals surface area contributed by atoms with Gasteiger partial charge < -0.3 is 10.4 Å². The van der Waals surface area contributed by atoms with Crippen molar-refractivity contribution >= 4 is 29.2 Å². The van der Waals surface area contributed by atoms with Crippen LogP contribution in [0.25, 0.3) is 0 Å². The van der Waals surface area contributed by atoms with Crippen LogP contribution >= 0.6 is 11.6 Å². The first kappa shape index (κ1) is 14.0. The lowest BCUT2D eigenvalue weighted by Crippen LogP contribution is -2.16. The lowest BCUT2D eigenvalue weighted by atomic mass is 10.1. The molecule has 1 amide bonds. The molecule has 0 atom stereocenters. The number of carbonyl (C=O) groups excluding carboxylic acids is 1. The second-order valence-corrected chi connectivity index (χ2v) is 4.18. The van der Waals surface area contributed by atoms with E-state index in [1.54, 1.807) is 0 Å². The Labute approximate surface area is 118 Å². The van der Waals surface area contributed by atoms with Crippen LogP contribution in [0, 0.1) is 5.82 Å². The van der Waals surface area contributed by atoms with Crippen LogP contribution in [-0.4, -0.2) is 22.0 Å². The van der Waals surface area contributed by atoms with E-state index in [4.69, 9.17) is 16.7 Å². The minimum absolute atomic E-state index is 0.0488. The summed E-state index contributed by atoms with van der Waals surface area (Å²) in [6.45, 7) is 0. The lowest BCUT2D eigenvalue weighted by molar-refractivity contribution is 0.0698. The van der Waals surface area contributed by atoms with Gasteiger partial charge in [-0.3, -0.25) is 9.78 Å². The van der Waals surface area contributed by atoms with Crippen LogP contribution < -0.4 is 5.32 Å². The number of carbonyl (C=O) groups is 2. The van der Waals surface area contributed by atoms with Crippen LogP contribution in [0.5, 0.6) is 0 Å². The van der Waals surface area contributed by atoms with Gasteiger partial charge in [0.1, 0.15) is 0 Å². The van der Waals surface area contributed by atoms with Crippen molar-refractivity contribution in [1.29, 1.82) is 0 Å². The largest absolute Gasteiger partial charge is 0.478 e. The smallest absolute Gasteiger partial charge is 0.337 e. The van der Waals surface area contributed by atoms with E-state index in [0.29, 0.717) is 0 Å². The molecule has 0 aliphatic heterocycles. The van der Waals surface area contributed by atoms with Crippen molar-refractivity contribution in [1.82, 2.24) is 4.98 Å². The number of hydrogen-bond acceptors (Lipinski definition) is 3. The topological polar surface area (TPSA) is 79.3 Å². The fraction of sp³-hybridized carbons (Fsp3) is 0. The summed E-state index contributed by atoms with van der Waals surface area (Å²) in [5, 5.41) is 11.4. The Bertz CT molecular complexity index is 691. The fourth-order valence-electron chi connectivity index (χ4n) is 1.57. The maximum absolute atomic E-state index is 13.4. The second-order valence-electron chi connectivity index (χ2n) is 3.78. The van der Waals surface area contributed by atoms with E-state index < -0.39 is 17.7 Å². The van der Waals surface area contributed by atoms with E-state index in [2.05, 4.69) is 10.3 Å². The van der Waals surface area contributed by atoms with Gasteiger partial charge in [0.15, 0.2) is 5.82 Å². The molecule has 1 aromatic carbocycles. The number of nitrogens with zero attached hydrogens (tertiary/aromatic N) is 1. The number of carboxylic acids is 1. The molecule has 20 heavy (non-hydrogen) atoms. The average Bonchev–Trinajstić information content (AvgIpc) is 2.41. The number of aromatic nitrogens is 1. The summed E-state index contributed by atoms with van der Waals surface area (Å²) in [6, 6.07) is 5.33. The van der Waals surface area contributed by atoms with Crippen molar-refractivity contribution in [2.75, 3.05) is 5.32 Å². The zero-order valence-electron chi connectivity index (χ0n) is 9.93. The Balaban J connectivity index is 2.38. The number of para-hydroxylation sites is 1. The summed E-state index contributed by atoms with van der Waals surface area (Å²) in [6.07, 6.45) is 2.14. The molecule has 5 nitrogen and oxygen atoms in total. The summed E-state index contributed by atoms with van der Waals surface area (Å²) in [5.74, 6) is -2.87. The first-order valence-corrected chi connectivity index (χ1v) is 5.81. The Morgan fingerprint density at radius 1 is 1.25 bits per heavy atom. The summed E-state index contributed by atoms with van der Waals surface area (Å²) in [7, 11) is 0. The van der Waals surface area contributed by atoms with Gasteiger partial charge in [0, 0.05) is 6.20 Å². The average molecular weight is 295 g/mol. The number of hydrogen-bond donors (Lipinski definition) is 2. The third-order valence-corrected chi connectivity index (χ3v) is 2.81. The summed E-state index contributed by atoms with van der Waals surface area (Å²) in [5.41, 5.74) is -0.514. The van der Waals surface area contributed by atoms with Gasteiger partial charge in [0.2, 0.25) is 0 Å².